The monoisotopic (exact) mass is 327 g/mol. The van der Waals surface area contributed by atoms with E-state index >= 15 is 0 Å². The van der Waals surface area contributed by atoms with Crippen molar-refractivity contribution < 1.29 is 9.90 Å². The molecule has 128 valence electrons. The van der Waals surface area contributed by atoms with Gasteiger partial charge in [0.15, 0.2) is 0 Å². The first-order chi connectivity index (χ1) is 11.5. The van der Waals surface area contributed by atoms with E-state index in [1.807, 2.05) is 24.9 Å². The summed E-state index contributed by atoms with van der Waals surface area (Å²) in [5.41, 5.74) is 4.69. The van der Waals surface area contributed by atoms with E-state index in [4.69, 9.17) is 0 Å². The van der Waals surface area contributed by atoms with Crippen molar-refractivity contribution in [2.45, 2.75) is 32.7 Å². The first kappa shape index (κ1) is 16.7. The van der Waals surface area contributed by atoms with Gasteiger partial charge in [-0.2, -0.15) is 5.10 Å². The van der Waals surface area contributed by atoms with Gasteiger partial charge < -0.3 is 5.11 Å². The quantitative estimate of drug-likeness (QED) is 0.917. The first-order valence-electron chi connectivity index (χ1n) is 8.51. The van der Waals surface area contributed by atoms with Gasteiger partial charge in [0.1, 0.15) is 0 Å². The van der Waals surface area contributed by atoms with Gasteiger partial charge >= 0.3 is 5.97 Å². The molecular weight excluding hydrogens is 302 g/mol. The summed E-state index contributed by atoms with van der Waals surface area (Å²) in [5.74, 6) is -1.08. The van der Waals surface area contributed by atoms with E-state index in [1.54, 1.807) is 0 Å². The molecule has 0 spiro atoms. The molecule has 1 aliphatic rings. The fourth-order valence-electron chi connectivity index (χ4n) is 3.67. The van der Waals surface area contributed by atoms with Crippen LogP contribution in [0.4, 0.5) is 0 Å². The second-order valence-corrected chi connectivity index (χ2v) is 6.73. The smallest absolute Gasteiger partial charge is 0.308 e. The van der Waals surface area contributed by atoms with E-state index in [1.165, 1.54) is 11.1 Å². The number of aromatic nitrogens is 2. The van der Waals surface area contributed by atoms with Crippen LogP contribution >= 0.6 is 0 Å². The third-order valence-electron chi connectivity index (χ3n) is 5.19. The van der Waals surface area contributed by atoms with E-state index in [0.717, 1.165) is 30.8 Å². The summed E-state index contributed by atoms with van der Waals surface area (Å²) in [4.78, 5) is 14.0. The summed E-state index contributed by atoms with van der Waals surface area (Å²) in [6, 6.07) is 8.56. The Morgan fingerprint density at radius 2 is 2.08 bits per heavy atom. The molecule has 2 aromatic rings. The minimum absolute atomic E-state index is 0.00515. The lowest BCUT2D eigenvalue weighted by Crippen LogP contribution is -2.23. The molecule has 1 aromatic carbocycles. The number of likely N-dealkylation sites (tertiary alicyclic amines) is 1. The Kier molecular flexibility index (Phi) is 4.71. The Bertz CT molecular complexity index is 738. The first-order valence-corrected chi connectivity index (χ1v) is 8.51. The van der Waals surface area contributed by atoms with Gasteiger partial charge in [-0.1, -0.05) is 31.2 Å². The molecule has 1 N–H and O–H groups in total. The number of rotatable bonds is 5. The fourth-order valence-corrected chi connectivity index (χ4v) is 3.67. The van der Waals surface area contributed by atoms with Crippen LogP contribution in [0.2, 0.25) is 0 Å². The molecule has 3 rings (SSSR count). The lowest BCUT2D eigenvalue weighted by molar-refractivity contribution is -0.141. The molecule has 1 fully saturated rings. The maximum absolute atomic E-state index is 11.7. The van der Waals surface area contributed by atoms with Crippen LogP contribution in [0.3, 0.4) is 0 Å². The molecule has 0 amide bonds. The van der Waals surface area contributed by atoms with Gasteiger partial charge in [-0.3, -0.25) is 14.4 Å². The Morgan fingerprint density at radius 1 is 1.33 bits per heavy atom. The van der Waals surface area contributed by atoms with Crippen LogP contribution in [0.15, 0.2) is 30.5 Å². The molecule has 1 aliphatic heterocycles. The van der Waals surface area contributed by atoms with Gasteiger partial charge in [0.05, 0.1) is 12.1 Å². The van der Waals surface area contributed by atoms with E-state index in [0.29, 0.717) is 6.54 Å². The molecule has 0 radical (unpaired) electrons. The molecule has 24 heavy (non-hydrogen) atoms. The van der Waals surface area contributed by atoms with Crippen molar-refractivity contribution in [2.75, 3.05) is 13.1 Å². The maximum atomic E-state index is 11.7. The van der Waals surface area contributed by atoms with Crippen LogP contribution in [0.5, 0.6) is 0 Å². The highest BCUT2D eigenvalue weighted by molar-refractivity contribution is 5.72. The van der Waals surface area contributed by atoms with Crippen LogP contribution in [-0.2, 0) is 24.8 Å². The van der Waals surface area contributed by atoms with Crippen LogP contribution < -0.4 is 0 Å². The SMILES string of the molecule is CCc1cccc(CN2C[C@H](C(=O)O)[C@@H](c3cnn(C)c3C)C2)c1. The number of hydrogen-bond donors (Lipinski definition) is 1. The van der Waals surface area contributed by atoms with Gasteiger partial charge in [-0.15, -0.1) is 0 Å². The van der Waals surface area contributed by atoms with Crippen LogP contribution in [0.1, 0.15) is 35.2 Å². The van der Waals surface area contributed by atoms with Crippen molar-refractivity contribution >= 4 is 5.97 Å². The topological polar surface area (TPSA) is 58.4 Å². The van der Waals surface area contributed by atoms with Crippen LogP contribution in [0, 0.1) is 12.8 Å². The molecule has 2 atom stereocenters. The van der Waals surface area contributed by atoms with Crippen molar-refractivity contribution in [2.24, 2.45) is 13.0 Å². The minimum Gasteiger partial charge on any atom is -0.481 e. The van der Waals surface area contributed by atoms with E-state index < -0.39 is 5.97 Å². The molecule has 5 nitrogen and oxygen atoms in total. The summed E-state index contributed by atoms with van der Waals surface area (Å²) in [6.07, 6.45) is 2.85. The van der Waals surface area contributed by atoms with Crippen molar-refractivity contribution in [3.63, 3.8) is 0 Å². The predicted octanol–water partition coefficient (Wildman–Crippen LogP) is 2.59. The molecule has 5 heteroatoms. The summed E-state index contributed by atoms with van der Waals surface area (Å²) in [7, 11) is 1.90. The van der Waals surface area contributed by atoms with E-state index in [-0.39, 0.29) is 11.8 Å². The molecule has 1 saturated heterocycles. The van der Waals surface area contributed by atoms with E-state index in [9.17, 15) is 9.90 Å². The summed E-state index contributed by atoms with van der Waals surface area (Å²) in [6.45, 7) is 6.31. The highest BCUT2D eigenvalue weighted by Gasteiger charge is 2.39. The Labute approximate surface area is 142 Å². The number of carboxylic acids is 1. The number of hydrogen-bond acceptors (Lipinski definition) is 3. The highest BCUT2D eigenvalue weighted by Crippen LogP contribution is 2.35. The zero-order valence-electron chi connectivity index (χ0n) is 14.6. The predicted molar refractivity (Wildman–Crippen MR) is 92.9 cm³/mol. The number of carboxylic acid groups (broad SMARTS) is 1. The normalized spacial score (nSPS) is 21.3. The fraction of sp³-hybridized carbons (Fsp3) is 0.474. The molecule has 1 aromatic heterocycles. The van der Waals surface area contributed by atoms with Gasteiger partial charge in [0.2, 0.25) is 0 Å². The summed E-state index contributed by atoms with van der Waals surface area (Å²) >= 11 is 0. The molecule has 0 bridgehead atoms. The van der Waals surface area contributed by atoms with Gasteiger partial charge in [0.25, 0.3) is 0 Å². The molecular formula is C19H25N3O2. The second kappa shape index (κ2) is 6.77. The summed E-state index contributed by atoms with van der Waals surface area (Å²) < 4.78 is 1.82. The zero-order valence-corrected chi connectivity index (χ0v) is 14.6. The lowest BCUT2D eigenvalue weighted by Gasteiger charge is -2.16. The zero-order chi connectivity index (χ0) is 17.3. The van der Waals surface area contributed by atoms with Crippen LogP contribution in [-0.4, -0.2) is 38.8 Å². The largest absolute Gasteiger partial charge is 0.481 e. The number of aliphatic carboxylic acids is 1. The third kappa shape index (κ3) is 3.22. The second-order valence-electron chi connectivity index (χ2n) is 6.73. The number of nitrogens with zero attached hydrogens (tertiary/aromatic N) is 3. The maximum Gasteiger partial charge on any atom is 0.308 e. The molecule has 2 heterocycles. The lowest BCUT2D eigenvalue weighted by atomic mass is 9.89. The van der Waals surface area contributed by atoms with E-state index in [2.05, 4.69) is 41.2 Å². The Morgan fingerprint density at radius 3 is 2.71 bits per heavy atom. The van der Waals surface area contributed by atoms with Gasteiger partial charge in [-0.05, 0) is 30.0 Å². The van der Waals surface area contributed by atoms with Crippen molar-refractivity contribution in [1.82, 2.24) is 14.7 Å². The minimum atomic E-state index is -0.715. The number of benzene rings is 1. The van der Waals surface area contributed by atoms with Crippen molar-refractivity contribution in [3.05, 3.63) is 52.8 Å². The average molecular weight is 327 g/mol. The average Bonchev–Trinajstić information content (AvgIpc) is 3.12. The molecule has 0 aliphatic carbocycles. The molecule has 0 saturated carbocycles. The standard InChI is InChI=1S/C19H25N3O2/c1-4-14-6-5-7-15(8-14)10-22-11-17(18(12-22)19(23)24)16-9-20-21(3)13(16)2/h5-9,17-18H,4,10-12H2,1-3H3,(H,23,24)/t17-,18+/m1/s1. The highest BCUT2D eigenvalue weighted by atomic mass is 16.4. The van der Waals surface area contributed by atoms with Crippen molar-refractivity contribution in [1.29, 1.82) is 0 Å². The Hall–Kier alpha value is -2.14. The third-order valence-corrected chi connectivity index (χ3v) is 5.19. The number of aryl methyl sites for hydroxylation is 2. The Balaban J connectivity index is 1.80. The van der Waals surface area contributed by atoms with Gasteiger partial charge in [-0.25, -0.2) is 0 Å². The van der Waals surface area contributed by atoms with Crippen LogP contribution in [0.25, 0.3) is 0 Å². The van der Waals surface area contributed by atoms with Gasteiger partial charge in [0, 0.05) is 38.3 Å². The summed E-state index contributed by atoms with van der Waals surface area (Å²) in [5, 5.41) is 13.9. The number of carbonyl (C=O) groups is 1. The molecule has 0 unspecified atom stereocenters. The van der Waals surface area contributed by atoms with Crippen molar-refractivity contribution in [3.8, 4) is 0 Å².